The van der Waals surface area contributed by atoms with Gasteiger partial charge < -0.3 is 14.7 Å². The van der Waals surface area contributed by atoms with E-state index in [-0.39, 0.29) is 0 Å². The van der Waals surface area contributed by atoms with Crippen LogP contribution in [0, 0.1) is 0 Å². The zero-order chi connectivity index (χ0) is 13.0. The van der Waals surface area contributed by atoms with E-state index in [4.69, 9.17) is 4.74 Å². The Balaban J connectivity index is 2.28. The highest BCUT2D eigenvalue weighted by Crippen LogP contribution is 2.37. The van der Waals surface area contributed by atoms with Gasteiger partial charge in [-0.15, -0.1) is 0 Å². The van der Waals surface area contributed by atoms with Crippen LogP contribution in [-0.4, -0.2) is 36.8 Å². The van der Waals surface area contributed by atoms with Crippen LogP contribution in [0.3, 0.4) is 0 Å². The highest BCUT2D eigenvalue weighted by atomic mass is 16.5. The van der Waals surface area contributed by atoms with Crippen molar-refractivity contribution in [2.24, 2.45) is 0 Å². The van der Waals surface area contributed by atoms with Crippen LogP contribution < -0.4 is 4.74 Å². The van der Waals surface area contributed by atoms with Gasteiger partial charge in [-0.25, -0.2) is 0 Å². The highest BCUT2D eigenvalue weighted by Gasteiger charge is 2.33. The van der Waals surface area contributed by atoms with Crippen molar-refractivity contribution in [3.63, 3.8) is 0 Å². The lowest BCUT2D eigenvalue weighted by atomic mass is 9.86. The van der Waals surface area contributed by atoms with Gasteiger partial charge in [0.15, 0.2) is 0 Å². The maximum absolute atomic E-state index is 10.9. The number of nitrogens with zero attached hydrogens (tertiary/aromatic N) is 1. The zero-order valence-electron chi connectivity index (χ0n) is 11.4. The van der Waals surface area contributed by atoms with Gasteiger partial charge in [0.1, 0.15) is 5.75 Å². The lowest BCUT2D eigenvalue weighted by molar-refractivity contribution is 0.0192. The first kappa shape index (κ1) is 13.4. The van der Waals surface area contributed by atoms with Gasteiger partial charge in [0.05, 0.1) is 12.2 Å². The molecular weight excluding hydrogens is 226 g/mol. The standard InChI is InChI=1S/C15H23NO2/c1-3-18-14-8-5-4-7-13(14)15(17)9-6-11-16(2)12-10-15/h4-5,7-8,17H,3,6,9-12H2,1-2H3. The number of rotatable bonds is 3. The molecule has 1 aromatic carbocycles. The van der Waals surface area contributed by atoms with Crippen LogP contribution >= 0.6 is 0 Å². The van der Waals surface area contributed by atoms with Gasteiger partial charge in [-0.1, -0.05) is 18.2 Å². The van der Waals surface area contributed by atoms with Crippen molar-refractivity contribution >= 4 is 0 Å². The van der Waals surface area contributed by atoms with E-state index in [0.29, 0.717) is 6.61 Å². The molecule has 0 aliphatic carbocycles. The molecule has 3 heteroatoms. The molecule has 1 saturated heterocycles. The van der Waals surface area contributed by atoms with Gasteiger partial charge in [-0.05, 0) is 45.8 Å². The fraction of sp³-hybridized carbons (Fsp3) is 0.600. The van der Waals surface area contributed by atoms with Crippen molar-refractivity contribution in [3.8, 4) is 5.75 Å². The number of aliphatic hydroxyl groups is 1. The molecule has 0 bridgehead atoms. The van der Waals surface area contributed by atoms with E-state index in [1.807, 2.05) is 31.2 Å². The van der Waals surface area contributed by atoms with Crippen molar-refractivity contribution in [1.29, 1.82) is 0 Å². The van der Waals surface area contributed by atoms with Gasteiger partial charge in [0, 0.05) is 12.1 Å². The minimum Gasteiger partial charge on any atom is -0.493 e. The van der Waals surface area contributed by atoms with E-state index in [2.05, 4.69) is 11.9 Å². The quantitative estimate of drug-likeness (QED) is 0.893. The Morgan fingerprint density at radius 1 is 1.28 bits per heavy atom. The van der Waals surface area contributed by atoms with Crippen molar-refractivity contribution < 1.29 is 9.84 Å². The van der Waals surface area contributed by atoms with Crippen molar-refractivity contribution in [2.45, 2.75) is 31.8 Å². The summed E-state index contributed by atoms with van der Waals surface area (Å²) in [5.74, 6) is 0.826. The number of para-hydroxylation sites is 1. The van der Waals surface area contributed by atoms with Crippen LogP contribution in [0.4, 0.5) is 0 Å². The van der Waals surface area contributed by atoms with Crippen LogP contribution in [0.25, 0.3) is 0 Å². The molecule has 0 saturated carbocycles. The first-order chi connectivity index (χ1) is 8.65. The molecule has 1 fully saturated rings. The second-order valence-electron chi connectivity index (χ2n) is 5.12. The van der Waals surface area contributed by atoms with Gasteiger partial charge in [-0.3, -0.25) is 0 Å². The summed E-state index contributed by atoms with van der Waals surface area (Å²) >= 11 is 0. The molecule has 1 atom stereocenters. The van der Waals surface area contributed by atoms with Crippen LogP contribution in [-0.2, 0) is 5.60 Å². The molecule has 1 N–H and O–H groups in total. The summed E-state index contributed by atoms with van der Waals surface area (Å²) in [6, 6.07) is 7.88. The fourth-order valence-electron chi connectivity index (χ4n) is 2.66. The molecule has 0 aromatic heterocycles. The number of hydrogen-bond donors (Lipinski definition) is 1. The first-order valence-electron chi connectivity index (χ1n) is 6.79. The largest absolute Gasteiger partial charge is 0.493 e. The van der Waals surface area contributed by atoms with E-state index in [9.17, 15) is 5.11 Å². The third kappa shape index (κ3) is 2.85. The molecule has 0 spiro atoms. The molecule has 1 aliphatic heterocycles. The van der Waals surface area contributed by atoms with Crippen LogP contribution in [0.2, 0.25) is 0 Å². The van der Waals surface area contributed by atoms with E-state index in [1.54, 1.807) is 0 Å². The van der Waals surface area contributed by atoms with E-state index in [0.717, 1.165) is 43.7 Å². The summed E-state index contributed by atoms with van der Waals surface area (Å²) in [7, 11) is 2.11. The van der Waals surface area contributed by atoms with Crippen molar-refractivity contribution in [1.82, 2.24) is 4.90 Å². The van der Waals surface area contributed by atoms with Crippen LogP contribution in [0.1, 0.15) is 31.7 Å². The molecule has 3 nitrogen and oxygen atoms in total. The summed E-state index contributed by atoms with van der Waals surface area (Å²) in [6.45, 7) is 4.59. The Hall–Kier alpha value is -1.06. The molecule has 1 aromatic rings. The second kappa shape index (κ2) is 5.72. The molecule has 2 rings (SSSR count). The molecule has 1 aliphatic rings. The van der Waals surface area contributed by atoms with Crippen LogP contribution in [0.5, 0.6) is 5.75 Å². The minimum atomic E-state index is -0.740. The summed E-state index contributed by atoms with van der Waals surface area (Å²) < 4.78 is 5.65. The smallest absolute Gasteiger partial charge is 0.125 e. The van der Waals surface area contributed by atoms with Crippen molar-refractivity contribution in [3.05, 3.63) is 29.8 Å². The molecule has 0 radical (unpaired) electrons. The van der Waals surface area contributed by atoms with E-state index >= 15 is 0 Å². The molecule has 1 heterocycles. The van der Waals surface area contributed by atoms with E-state index in [1.165, 1.54) is 0 Å². The number of ether oxygens (including phenoxy) is 1. The Kier molecular flexibility index (Phi) is 4.25. The molecule has 1 unspecified atom stereocenters. The predicted molar refractivity (Wildman–Crippen MR) is 72.9 cm³/mol. The third-order valence-corrected chi connectivity index (χ3v) is 3.73. The van der Waals surface area contributed by atoms with Crippen LogP contribution in [0.15, 0.2) is 24.3 Å². The van der Waals surface area contributed by atoms with Crippen molar-refractivity contribution in [2.75, 3.05) is 26.7 Å². The molecule has 0 amide bonds. The maximum Gasteiger partial charge on any atom is 0.125 e. The Labute approximate surface area is 109 Å². The van der Waals surface area contributed by atoms with E-state index < -0.39 is 5.60 Å². The number of likely N-dealkylation sites (tertiary alicyclic amines) is 1. The molecule has 100 valence electrons. The lowest BCUT2D eigenvalue weighted by Gasteiger charge is -2.29. The van der Waals surface area contributed by atoms with Gasteiger partial charge in [0.2, 0.25) is 0 Å². The Bertz CT molecular complexity index is 394. The zero-order valence-corrected chi connectivity index (χ0v) is 11.4. The summed E-state index contributed by atoms with van der Waals surface area (Å²) in [6.07, 6.45) is 2.60. The average molecular weight is 249 g/mol. The highest BCUT2D eigenvalue weighted by molar-refractivity contribution is 5.38. The Morgan fingerprint density at radius 2 is 2.06 bits per heavy atom. The number of benzene rings is 1. The van der Waals surface area contributed by atoms with Gasteiger partial charge >= 0.3 is 0 Å². The normalized spacial score (nSPS) is 25.7. The molecular formula is C15H23NO2. The third-order valence-electron chi connectivity index (χ3n) is 3.73. The maximum atomic E-state index is 10.9. The number of hydrogen-bond acceptors (Lipinski definition) is 3. The summed E-state index contributed by atoms with van der Waals surface area (Å²) in [5, 5.41) is 10.9. The lowest BCUT2D eigenvalue weighted by Crippen LogP contribution is -2.28. The van der Waals surface area contributed by atoms with Gasteiger partial charge in [-0.2, -0.15) is 0 Å². The average Bonchev–Trinajstić information content (AvgIpc) is 2.54. The molecule has 18 heavy (non-hydrogen) atoms. The summed E-state index contributed by atoms with van der Waals surface area (Å²) in [4.78, 5) is 2.28. The Morgan fingerprint density at radius 3 is 2.83 bits per heavy atom. The topological polar surface area (TPSA) is 32.7 Å². The first-order valence-corrected chi connectivity index (χ1v) is 6.79. The second-order valence-corrected chi connectivity index (χ2v) is 5.12. The van der Waals surface area contributed by atoms with Gasteiger partial charge in [0.25, 0.3) is 0 Å². The SMILES string of the molecule is CCOc1ccccc1C1(O)CCCN(C)CC1. The fourth-order valence-corrected chi connectivity index (χ4v) is 2.66. The summed E-state index contributed by atoms with van der Waals surface area (Å²) in [5.41, 5.74) is 0.207. The predicted octanol–water partition coefficient (Wildman–Crippen LogP) is 2.39. The minimum absolute atomic E-state index is 0.632. The monoisotopic (exact) mass is 249 g/mol.